The van der Waals surface area contributed by atoms with Gasteiger partial charge in [0.15, 0.2) is 11.6 Å². The number of benzene rings is 2. The first-order chi connectivity index (χ1) is 10.1. The van der Waals surface area contributed by atoms with E-state index in [0.29, 0.717) is 16.9 Å². The van der Waals surface area contributed by atoms with Crippen molar-refractivity contribution in [2.75, 3.05) is 5.73 Å². The normalized spacial score (nSPS) is 10.8. The van der Waals surface area contributed by atoms with Crippen molar-refractivity contribution in [2.45, 2.75) is 0 Å². The molecule has 0 aliphatic rings. The Morgan fingerprint density at radius 3 is 2.52 bits per heavy atom. The highest BCUT2D eigenvalue weighted by atomic mass is 79.9. The first-order valence-corrected chi connectivity index (χ1v) is 7.20. The average Bonchev–Trinajstić information content (AvgIpc) is 2.82. The summed E-state index contributed by atoms with van der Waals surface area (Å²) in [5.74, 6) is 0.291. The molecule has 3 rings (SSSR count). The van der Waals surface area contributed by atoms with Crippen LogP contribution in [0.25, 0.3) is 22.5 Å². The van der Waals surface area contributed by atoms with Gasteiger partial charge in [0, 0.05) is 15.6 Å². The summed E-state index contributed by atoms with van der Waals surface area (Å²) in [6.45, 7) is 0. The van der Waals surface area contributed by atoms with E-state index >= 15 is 0 Å². The van der Waals surface area contributed by atoms with Gasteiger partial charge in [0.2, 0.25) is 0 Å². The number of rotatable bonds is 2. The molecule has 1 heterocycles. The Morgan fingerprint density at radius 2 is 1.86 bits per heavy atom. The molecule has 6 heteroatoms. The van der Waals surface area contributed by atoms with E-state index < -0.39 is 5.82 Å². The third-order valence-corrected chi connectivity index (χ3v) is 3.87. The summed E-state index contributed by atoms with van der Waals surface area (Å²) < 4.78 is 19.5. The minimum atomic E-state index is -0.413. The zero-order valence-corrected chi connectivity index (χ0v) is 13.0. The Bertz CT molecular complexity index is 802. The number of nitrogen functional groups attached to an aromatic ring is 1. The van der Waals surface area contributed by atoms with Gasteiger partial charge in [-0.25, -0.2) is 4.39 Å². The lowest BCUT2D eigenvalue weighted by molar-refractivity contribution is 0.436. The second-order valence-electron chi connectivity index (χ2n) is 4.40. The van der Waals surface area contributed by atoms with Crippen LogP contribution in [0.15, 0.2) is 51.5 Å². The molecule has 106 valence electrons. The zero-order chi connectivity index (χ0) is 15.0. The van der Waals surface area contributed by atoms with Gasteiger partial charge in [-0.3, -0.25) is 0 Å². The van der Waals surface area contributed by atoms with E-state index in [4.69, 9.17) is 21.9 Å². The second-order valence-corrected chi connectivity index (χ2v) is 5.73. The Kier molecular flexibility index (Phi) is 3.69. The van der Waals surface area contributed by atoms with Crippen LogP contribution in [-0.4, -0.2) is 5.16 Å². The highest BCUT2D eigenvalue weighted by molar-refractivity contribution is 9.10. The molecule has 3 aromatic rings. The van der Waals surface area contributed by atoms with Gasteiger partial charge in [-0.15, -0.1) is 0 Å². The van der Waals surface area contributed by atoms with Gasteiger partial charge in [0.1, 0.15) is 5.82 Å². The number of hydrogen-bond donors (Lipinski definition) is 1. The van der Waals surface area contributed by atoms with E-state index in [0.717, 1.165) is 10.0 Å². The largest absolute Gasteiger partial charge is 0.380 e. The molecule has 0 aliphatic heterocycles. The number of aromatic nitrogens is 1. The Labute approximate surface area is 133 Å². The molecule has 0 spiro atoms. The summed E-state index contributed by atoms with van der Waals surface area (Å²) in [6, 6.07) is 11.6. The number of nitrogens with two attached hydrogens (primary N) is 1. The molecular weight excluding hydrogens is 359 g/mol. The third-order valence-electron chi connectivity index (χ3n) is 3.03. The number of halogens is 3. The van der Waals surface area contributed by atoms with E-state index in [9.17, 15) is 4.39 Å². The van der Waals surface area contributed by atoms with Crippen molar-refractivity contribution in [3.05, 3.63) is 57.8 Å². The Morgan fingerprint density at radius 1 is 1.14 bits per heavy atom. The van der Waals surface area contributed by atoms with Gasteiger partial charge in [-0.05, 0) is 42.5 Å². The number of anilines is 1. The van der Waals surface area contributed by atoms with Crippen molar-refractivity contribution >= 4 is 33.3 Å². The van der Waals surface area contributed by atoms with Crippen LogP contribution in [0, 0.1) is 5.82 Å². The molecule has 0 unspecified atom stereocenters. The second kappa shape index (κ2) is 5.50. The molecule has 1 aromatic heterocycles. The molecule has 0 aliphatic carbocycles. The van der Waals surface area contributed by atoms with Crippen LogP contribution in [0.2, 0.25) is 5.02 Å². The van der Waals surface area contributed by atoms with Crippen LogP contribution >= 0.6 is 27.5 Å². The van der Waals surface area contributed by atoms with Crippen LogP contribution < -0.4 is 5.73 Å². The van der Waals surface area contributed by atoms with Crippen LogP contribution in [-0.2, 0) is 0 Å². The first kappa shape index (κ1) is 14.1. The molecular formula is C15H9BrClFN2O. The van der Waals surface area contributed by atoms with Gasteiger partial charge in [-0.2, -0.15) is 0 Å². The summed E-state index contributed by atoms with van der Waals surface area (Å²) in [4.78, 5) is 0. The van der Waals surface area contributed by atoms with Gasteiger partial charge in [-0.1, -0.05) is 32.7 Å². The maximum Gasteiger partial charge on any atom is 0.176 e. The fourth-order valence-corrected chi connectivity index (χ4v) is 2.58. The minimum Gasteiger partial charge on any atom is -0.380 e. The molecule has 2 aromatic carbocycles. The predicted octanol–water partition coefficient (Wildman–Crippen LogP) is 5.15. The summed E-state index contributed by atoms with van der Waals surface area (Å²) in [5.41, 5.74) is 7.82. The molecule has 0 atom stereocenters. The highest BCUT2D eigenvalue weighted by Crippen LogP contribution is 2.40. The molecule has 0 amide bonds. The number of hydrogen-bond acceptors (Lipinski definition) is 3. The standard InChI is InChI=1S/C15H9BrClFN2O/c16-9-3-1-8(2-4-9)14-13(15(19)20-21-14)11-6-5-10(18)7-12(11)17/h1-7H,(H2,19,20). The lowest BCUT2D eigenvalue weighted by atomic mass is 10.0. The van der Waals surface area contributed by atoms with Crippen LogP contribution in [0.3, 0.4) is 0 Å². The smallest absolute Gasteiger partial charge is 0.176 e. The van der Waals surface area contributed by atoms with Crippen LogP contribution in [0.5, 0.6) is 0 Å². The van der Waals surface area contributed by atoms with E-state index in [1.54, 1.807) is 6.07 Å². The van der Waals surface area contributed by atoms with E-state index in [2.05, 4.69) is 21.1 Å². The fourth-order valence-electron chi connectivity index (χ4n) is 2.05. The topological polar surface area (TPSA) is 52.0 Å². The van der Waals surface area contributed by atoms with Crippen molar-refractivity contribution in [3.8, 4) is 22.5 Å². The van der Waals surface area contributed by atoms with Gasteiger partial charge >= 0.3 is 0 Å². The lowest BCUT2D eigenvalue weighted by Gasteiger charge is -2.05. The third kappa shape index (κ3) is 2.66. The predicted molar refractivity (Wildman–Crippen MR) is 84.5 cm³/mol. The van der Waals surface area contributed by atoms with Crippen molar-refractivity contribution in [3.63, 3.8) is 0 Å². The highest BCUT2D eigenvalue weighted by Gasteiger charge is 2.20. The Balaban J connectivity index is 2.19. The maximum absolute atomic E-state index is 13.2. The zero-order valence-electron chi connectivity index (χ0n) is 10.6. The van der Waals surface area contributed by atoms with Crippen molar-refractivity contribution in [1.29, 1.82) is 0 Å². The lowest BCUT2D eigenvalue weighted by Crippen LogP contribution is -1.90. The SMILES string of the molecule is Nc1noc(-c2ccc(Br)cc2)c1-c1ccc(F)cc1Cl. The van der Waals surface area contributed by atoms with E-state index in [1.807, 2.05) is 24.3 Å². The summed E-state index contributed by atoms with van der Waals surface area (Å²) in [6.07, 6.45) is 0. The maximum atomic E-state index is 13.2. The summed E-state index contributed by atoms with van der Waals surface area (Å²) in [5, 5.41) is 4.05. The minimum absolute atomic E-state index is 0.210. The van der Waals surface area contributed by atoms with E-state index in [-0.39, 0.29) is 10.8 Å². The van der Waals surface area contributed by atoms with Crippen LogP contribution in [0.1, 0.15) is 0 Å². The fraction of sp³-hybridized carbons (Fsp3) is 0. The molecule has 3 nitrogen and oxygen atoms in total. The van der Waals surface area contributed by atoms with Crippen molar-refractivity contribution in [1.82, 2.24) is 5.16 Å². The summed E-state index contributed by atoms with van der Waals surface area (Å²) >= 11 is 9.48. The molecule has 0 fully saturated rings. The Hall–Kier alpha value is -1.85. The van der Waals surface area contributed by atoms with Crippen molar-refractivity contribution in [2.24, 2.45) is 0 Å². The molecule has 2 N–H and O–H groups in total. The quantitative estimate of drug-likeness (QED) is 0.682. The number of nitrogens with zero attached hydrogens (tertiary/aromatic N) is 1. The van der Waals surface area contributed by atoms with Gasteiger partial charge < -0.3 is 10.3 Å². The van der Waals surface area contributed by atoms with Crippen LogP contribution in [0.4, 0.5) is 10.2 Å². The summed E-state index contributed by atoms with van der Waals surface area (Å²) in [7, 11) is 0. The molecule has 0 radical (unpaired) electrons. The monoisotopic (exact) mass is 366 g/mol. The first-order valence-electron chi connectivity index (χ1n) is 6.03. The van der Waals surface area contributed by atoms with Gasteiger partial charge in [0.25, 0.3) is 0 Å². The average molecular weight is 368 g/mol. The molecule has 0 bridgehead atoms. The van der Waals surface area contributed by atoms with Crippen molar-refractivity contribution < 1.29 is 8.91 Å². The van der Waals surface area contributed by atoms with E-state index in [1.165, 1.54) is 12.1 Å². The molecule has 0 saturated heterocycles. The molecule has 0 saturated carbocycles. The molecule has 21 heavy (non-hydrogen) atoms. The van der Waals surface area contributed by atoms with Gasteiger partial charge in [0.05, 0.1) is 10.6 Å².